The molecule has 1 aliphatic rings. The van der Waals surface area contributed by atoms with Gasteiger partial charge in [0, 0.05) is 19.4 Å². The van der Waals surface area contributed by atoms with Crippen molar-refractivity contribution in [1.82, 2.24) is 9.80 Å². The van der Waals surface area contributed by atoms with E-state index in [1.54, 1.807) is 11.1 Å². The maximum Gasteiger partial charge on any atom is 0.673 e. The fourth-order valence-corrected chi connectivity index (χ4v) is 0.865. The van der Waals surface area contributed by atoms with Gasteiger partial charge >= 0.3 is 13.2 Å². The normalized spacial score (nSPS) is 15.0. The van der Waals surface area contributed by atoms with Gasteiger partial charge in [-0.15, -0.1) is 0 Å². The Morgan fingerprint density at radius 1 is 1.40 bits per heavy atom. The molecule has 0 atom stereocenters. The van der Waals surface area contributed by atoms with E-state index in [9.17, 15) is 22.1 Å². The molecule has 0 bridgehead atoms. The molecule has 0 aliphatic carbocycles. The predicted octanol–water partition coefficient (Wildman–Crippen LogP) is 1.05. The van der Waals surface area contributed by atoms with Crippen LogP contribution in [0.2, 0.25) is 0 Å². The van der Waals surface area contributed by atoms with Crippen LogP contribution in [0.1, 0.15) is 0 Å². The summed E-state index contributed by atoms with van der Waals surface area (Å²) in [5.41, 5.74) is 0. The highest BCUT2D eigenvalue weighted by Crippen LogP contribution is 2.06. The predicted molar refractivity (Wildman–Crippen MR) is 46.3 cm³/mol. The lowest BCUT2D eigenvalue weighted by Crippen LogP contribution is -2.27. The van der Waals surface area contributed by atoms with Crippen LogP contribution in [0, 0.1) is 0 Å². The van der Waals surface area contributed by atoms with Gasteiger partial charge < -0.3 is 32.2 Å². The standard InChI is InChI=1S/C6H10N2O2.BF4/c1-7-2-3-8(5-7)4-6(9)10;2-1(3,4)5/h2-3H,4-5H2,1H3,(H,9,10);/q;-1. The summed E-state index contributed by atoms with van der Waals surface area (Å²) in [6.45, 7) is 0.757. The Morgan fingerprint density at radius 3 is 2.13 bits per heavy atom. The third kappa shape index (κ3) is 10.5. The molecule has 0 aromatic heterocycles. The van der Waals surface area contributed by atoms with Gasteiger partial charge in [-0.05, 0) is 0 Å². The van der Waals surface area contributed by atoms with Gasteiger partial charge in [0.1, 0.15) is 6.54 Å². The maximum atomic E-state index is 10.2. The molecule has 0 aromatic rings. The van der Waals surface area contributed by atoms with Crippen LogP contribution in [-0.2, 0) is 4.79 Å². The van der Waals surface area contributed by atoms with E-state index < -0.39 is 13.2 Å². The average molecular weight is 229 g/mol. The number of carboxylic acid groups (broad SMARTS) is 1. The molecule has 0 amide bonds. The smallest absolute Gasteiger partial charge is 0.480 e. The Balaban J connectivity index is 0.000000336. The summed E-state index contributed by atoms with van der Waals surface area (Å²) in [5, 5.41) is 8.37. The quantitative estimate of drug-likeness (QED) is 0.567. The minimum absolute atomic E-state index is 0.0842. The van der Waals surface area contributed by atoms with Crippen molar-refractivity contribution in [2.45, 2.75) is 0 Å². The van der Waals surface area contributed by atoms with E-state index in [-0.39, 0.29) is 6.54 Å². The highest BCUT2D eigenvalue weighted by Gasteiger charge is 2.20. The van der Waals surface area contributed by atoms with Crippen LogP contribution in [-0.4, -0.2) is 48.4 Å². The van der Waals surface area contributed by atoms with Crippen LogP contribution in [0.5, 0.6) is 0 Å². The van der Waals surface area contributed by atoms with Crippen molar-refractivity contribution in [2.75, 3.05) is 20.3 Å². The summed E-state index contributed by atoms with van der Waals surface area (Å²) in [5.74, 6) is -0.792. The van der Waals surface area contributed by atoms with E-state index in [1.165, 1.54) is 0 Å². The molecule has 1 aliphatic heterocycles. The molecular weight excluding hydrogens is 219 g/mol. The first kappa shape index (κ1) is 13.6. The number of halogens is 4. The van der Waals surface area contributed by atoms with Gasteiger partial charge in [-0.2, -0.15) is 0 Å². The molecule has 9 heteroatoms. The van der Waals surface area contributed by atoms with Crippen molar-refractivity contribution in [3.05, 3.63) is 12.4 Å². The topological polar surface area (TPSA) is 43.8 Å². The first-order valence-corrected chi connectivity index (χ1v) is 3.90. The number of hydrogen-bond acceptors (Lipinski definition) is 3. The minimum atomic E-state index is -6.00. The van der Waals surface area contributed by atoms with Crippen molar-refractivity contribution >= 4 is 13.2 Å². The third-order valence-electron chi connectivity index (χ3n) is 1.28. The molecular formula is C6H10BF4N2O2-. The summed E-state index contributed by atoms with van der Waals surface area (Å²) in [6, 6.07) is 0. The van der Waals surface area contributed by atoms with Crippen LogP contribution >= 0.6 is 0 Å². The van der Waals surface area contributed by atoms with Crippen LogP contribution in [0.15, 0.2) is 12.4 Å². The van der Waals surface area contributed by atoms with Crippen molar-refractivity contribution in [3.63, 3.8) is 0 Å². The second-order valence-electron chi connectivity index (χ2n) is 2.83. The largest absolute Gasteiger partial charge is 0.673 e. The second-order valence-corrected chi connectivity index (χ2v) is 2.83. The number of nitrogens with zero attached hydrogens (tertiary/aromatic N) is 2. The van der Waals surface area contributed by atoms with E-state index in [0.29, 0.717) is 6.67 Å². The zero-order valence-corrected chi connectivity index (χ0v) is 7.91. The van der Waals surface area contributed by atoms with Crippen molar-refractivity contribution < 1.29 is 27.2 Å². The van der Waals surface area contributed by atoms with Gasteiger partial charge in [-0.1, -0.05) is 0 Å². The molecule has 0 saturated carbocycles. The lowest BCUT2D eigenvalue weighted by Gasteiger charge is -2.14. The Hall–Kier alpha value is -1.41. The molecule has 1 heterocycles. The number of carbonyl (C=O) groups is 1. The molecule has 0 unspecified atom stereocenters. The molecule has 0 spiro atoms. The Morgan fingerprint density at radius 2 is 1.87 bits per heavy atom. The first-order chi connectivity index (χ1) is 6.68. The molecule has 15 heavy (non-hydrogen) atoms. The maximum absolute atomic E-state index is 10.2. The van der Waals surface area contributed by atoms with Crippen LogP contribution in [0.3, 0.4) is 0 Å². The summed E-state index contributed by atoms with van der Waals surface area (Å²) in [6.07, 6.45) is 3.62. The molecule has 0 fully saturated rings. The van der Waals surface area contributed by atoms with E-state index in [1.807, 2.05) is 18.1 Å². The Labute approximate surface area is 83.9 Å². The highest BCUT2D eigenvalue weighted by atomic mass is 19.5. The highest BCUT2D eigenvalue weighted by molar-refractivity contribution is 6.50. The fourth-order valence-electron chi connectivity index (χ4n) is 0.865. The molecule has 4 nitrogen and oxygen atoms in total. The van der Waals surface area contributed by atoms with Crippen molar-refractivity contribution in [1.29, 1.82) is 0 Å². The SMILES string of the molecule is CN1C=CN(CC(=O)O)C1.F[B-](F)(F)F. The number of hydrogen-bond donors (Lipinski definition) is 1. The van der Waals surface area contributed by atoms with Crippen LogP contribution < -0.4 is 0 Å². The van der Waals surface area contributed by atoms with Crippen LogP contribution in [0.25, 0.3) is 0 Å². The molecule has 0 saturated heterocycles. The van der Waals surface area contributed by atoms with Gasteiger partial charge in [0.15, 0.2) is 0 Å². The van der Waals surface area contributed by atoms with Gasteiger partial charge in [0.25, 0.3) is 0 Å². The van der Waals surface area contributed by atoms with Crippen molar-refractivity contribution in [2.24, 2.45) is 0 Å². The van der Waals surface area contributed by atoms with Gasteiger partial charge in [-0.25, -0.2) is 0 Å². The summed E-state index contributed by atoms with van der Waals surface area (Å²) < 4.78 is 39.0. The third-order valence-corrected chi connectivity index (χ3v) is 1.28. The molecule has 88 valence electrons. The van der Waals surface area contributed by atoms with E-state index >= 15 is 0 Å². The lowest BCUT2D eigenvalue weighted by atomic mass is 10.3. The summed E-state index contributed by atoms with van der Waals surface area (Å²) in [4.78, 5) is 13.8. The van der Waals surface area contributed by atoms with Crippen LogP contribution in [0.4, 0.5) is 17.3 Å². The summed E-state index contributed by atoms with van der Waals surface area (Å²) in [7, 11) is -4.10. The van der Waals surface area contributed by atoms with E-state index in [2.05, 4.69) is 0 Å². The zero-order valence-electron chi connectivity index (χ0n) is 7.91. The minimum Gasteiger partial charge on any atom is -0.480 e. The number of carboxylic acids is 1. The summed E-state index contributed by atoms with van der Waals surface area (Å²) >= 11 is 0. The zero-order chi connectivity index (χ0) is 12.1. The Bertz CT molecular complexity index is 240. The van der Waals surface area contributed by atoms with E-state index in [0.717, 1.165) is 0 Å². The number of rotatable bonds is 2. The Kier molecular flexibility index (Phi) is 4.96. The second kappa shape index (κ2) is 5.47. The van der Waals surface area contributed by atoms with Gasteiger partial charge in [0.2, 0.25) is 0 Å². The van der Waals surface area contributed by atoms with E-state index in [4.69, 9.17) is 5.11 Å². The number of aliphatic carboxylic acids is 1. The van der Waals surface area contributed by atoms with Gasteiger partial charge in [-0.3, -0.25) is 4.79 Å². The molecule has 0 radical (unpaired) electrons. The van der Waals surface area contributed by atoms with Crippen molar-refractivity contribution in [3.8, 4) is 0 Å². The average Bonchev–Trinajstić information content (AvgIpc) is 2.29. The first-order valence-electron chi connectivity index (χ1n) is 3.90. The monoisotopic (exact) mass is 229 g/mol. The fraction of sp³-hybridized carbons (Fsp3) is 0.500. The molecule has 1 N–H and O–H groups in total. The lowest BCUT2D eigenvalue weighted by molar-refractivity contribution is -0.137. The molecule has 0 aromatic carbocycles. The molecule has 1 rings (SSSR count). The van der Waals surface area contributed by atoms with Gasteiger partial charge in [0.05, 0.1) is 6.67 Å².